The van der Waals surface area contributed by atoms with Gasteiger partial charge < -0.3 is 4.98 Å². The Morgan fingerprint density at radius 3 is 2.07 bits per heavy atom. The van der Waals surface area contributed by atoms with E-state index >= 15 is 0 Å². The van der Waals surface area contributed by atoms with Crippen molar-refractivity contribution in [1.82, 2.24) is 9.97 Å². The predicted octanol–water partition coefficient (Wildman–Crippen LogP) is 3.16. The molecule has 0 aliphatic heterocycles. The van der Waals surface area contributed by atoms with Crippen LogP contribution >= 0.6 is 0 Å². The zero-order valence-electron chi connectivity index (χ0n) is 8.57. The van der Waals surface area contributed by atoms with Gasteiger partial charge in [-0.15, -0.1) is 0 Å². The van der Waals surface area contributed by atoms with Crippen LogP contribution in [0.4, 0.5) is 13.2 Å². The third-order valence-corrected chi connectivity index (χ3v) is 1.66. The molecular weight excluding hydrogens is 193 g/mol. The number of rotatable bonds is 2. The Balaban J connectivity index is 0.000000364. The van der Waals surface area contributed by atoms with Gasteiger partial charge in [-0.1, -0.05) is 6.92 Å². The van der Waals surface area contributed by atoms with E-state index < -0.39 is 6.68 Å². The summed E-state index contributed by atoms with van der Waals surface area (Å²) in [7, 11) is 0. The minimum atomic E-state index is -3.67. The topological polar surface area (TPSA) is 28.7 Å². The maximum Gasteiger partial charge on any atom is 0.379 e. The maximum absolute atomic E-state index is 9.67. The fraction of sp³-hybridized carbons (Fsp3) is 0.667. The van der Waals surface area contributed by atoms with Gasteiger partial charge >= 0.3 is 6.68 Å². The average molecular weight is 208 g/mol. The second kappa shape index (κ2) is 6.45. The number of alkyl halides is 3. The van der Waals surface area contributed by atoms with E-state index in [9.17, 15) is 13.2 Å². The van der Waals surface area contributed by atoms with Crippen LogP contribution in [-0.2, 0) is 6.42 Å². The van der Waals surface area contributed by atoms with Crippen molar-refractivity contribution in [3.05, 3.63) is 17.2 Å². The van der Waals surface area contributed by atoms with E-state index in [0.29, 0.717) is 0 Å². The van der Waals surface area contributed by atoms with Crippen molar-refractivity contribution >= 4 is 0 Å². The highest BCUT2D eigenvalue weighted by atomic mass is 19.4. The smallest absolute Gasteiger partial charge is 0.346 e. The summed E-state index contributed by atoms with van der Waals surface area (Å²) in [5.41, 5.74) is 2.33. The number of aryl methyl sites for hydroxylation is 3. The minimum Gasteiger partial charge on any atom is -0.346 e. The lowest BCUT2D eigenvalue weighted by Gasteiger charge is -1.87. The van der Waals surface area contributed by atoms with E-state index in [-0.39, 0.29) is 0 Å². The summed E-state index contributed by atoms with van der Waals surface area (Å²) >= 11 is 0. The molecule has 0 unspecified atom stereocenters. The van der Waals surface area contributed by atoms with Crippen molar-refractivity contribution in [3.8, 4) is 0 Å². The second-order valence-electron chi connectivity index (χ2n) is 2.89. The lowest BCUT2D eigenvalue weighted by molar-refractivity contribution is 0.00819. The number of imidazole rings is 1. The van der Waals surface area contributed by atoms with Crippen LogP contribution in [0.1, 0.15) is 30.6 Å². The summed E-state index contributed by atoms with van der Waals surface area (Å²) in [4.78, 5) is 7.58. The largest absolute Gasteiger partial charge is 0.379 e. The Morgan fingerprint density at radius 1 is 1.29 bits per heavy atom. The summed E-state index contributed by atoms with van der Waals surface area (Å²) in [6.45, 7) is 2.58. The number of H-pyrrole nitrogens is 1. The van der Waals surface area contributed by atoms with Gasteiger partial charge in [-0.2, -0.15) is 13.2 Å². The molecule has 0 saturated heterocycles. The third kappa shape index (κ3) is 5.61. The highest BCUT2D eigenvalue weighted by Gasteiger charge is 1.99. The van der Waals surface area contributed by atoms with Crippen LogP contribution in [0.2, 0.25) is 0 Å². The fourth-order valence-electron chi connectivity index (χ4n) is 0.976. The first kappa shape index (κ1) is 13.0. The number of nitrogens with zero attached hydrogens (tertiary/aromatic N) is 1. The van der Waals surface area contributed by atoms with E-state index in [1.54, 1.807) is 0 Å². The summed E-state index contributed by atoms with van der Waals surface area (Å²) in [5, 5.41) is 0. The second-order valence-corrected chi connectivity index (χ2v) is 2.89. The van der Waals surface area contributed by atoms with Gasteiger partial charge in [-0.05, 0) is 20.3 Å². The molecule has 1 N–H and O–H groups in total. The molecule has 1 aromatic rings. The molecule has 2 nitrogen and oxygen atoms in total. The number of nitrogens with one attached hydrogen (secondary N) is 1. The van der Waals surface area contributed by atoms with Gasteiger partial charge in [0.25, 0.3) is 0 Å². The predicted molar refractivity (Wildman–Crippen MR) is 49.2 cm³/mol. The molecule has 1 heterocycles. The molecule has 1 aromatic heterocycles. The van der Waals surface area contributed by atoms with Gasteiger partial charge in [0.05, 0.1) is 5.69 Å². The number of hydrogen-bond acceptors (Lipinski definition) is 1. The zero-order valence-corrected chi connectivity index (χ0v) is 8.57. The fourth-order valence-corrected chi connectivity index (χ4v) is 0.976. The van der Waals surface area contributed by atoms with Gasteiger partial charge in [0.1, 0.15) is 5.82 Å². The summed E-state index contributed by atoms with van der Waals surface area (Å²) in [6, 6.07) is 0. The van der Waals surface area contributed by atoms with Gasteiger partial charge in [-0.25, -0.2) is 4.98 Å². The molecule has 0 aliphatic rings. The standard InChI is InChI=1S/C8H14N2.CHF3/c1-4-5-8-9-6(2)7(3)10-8;2-1(3)4/h4-5H2,1-3H3,(H,9,10);1H. The molecule has 0 aromatic carbocycles. The maximum atomic E-state index is 9.67. The molecule has 0 atom stereocenters. The van der Waals surface area contributed by atoms with Crippen LogP contribution in [0.15, 0.2) is 0 Å². The first-order valence-electron chi connectivity index (χ1n) is 4.41. The molecule has 5 heteroatoms. The van der Waals surface area contributed by atoms with Crippen molar-refractivity contribution in [1.29, 1.82) is 0 Å². The van der Waals surface area contributed by atoms with E-state index in [4.69, 9.17) is 0 Å². The molecule has 0 fully saturated rings. The minimum absolute atomic E-state index is 1.06. The number of halogens is 3. The normalized spacial score (nSPS) is 9.93. The van der Waals surface area contributed by atoms with Crippen LogP contribution < -0.4 is 0 Å². The monoisotopic (exact) mass is 208 g/mol. The molecule has 0 bridgehead atoms. The quantitative estimate of drug-likeness (QED) is 0.794. The molecule has 0 spiro atoms. The van der Waals surface area contributed by atoms with Gasteiger partial charge in [-0.3, -0.25) is 0 Å². The van der Waals surface area contributed by atoms with Crippen LogP contribution in [0.25, 0.3) is 0 Å². The average Bonchev–Trinajstić information content (AvgIpc) is 2.30. The van der Waals surface area contributed by atoms with Crippen LogP contribution in [0.3, 0.4) is 0 Å². The molecule has 0 aliphatic carbocycles. The van der Waals surface area contributed by atoms with Crippen molar-refractivity contribution in [2.24, 2.45) is 0 Å². The van der Waals surface area contributed by atoms with Crippen LogP contribution in [0, 0.1) is 13.8 Å². The lowest BCUT2D eigenvalue weighted by Crippen LogP contribution is -1.84. The summed E-state index contributed by atoms with van der Waals surface area (Å²) in [5.74, 6) is 1.12. The van der Waals surface area contributed by atoms with Crippen LogP contribution in [-0.4, -0.2) is 16.6 Å². The van der Waals surface area contributed by atoms with Gasteiger partial charge in [0.15, 0.2) is 0 Å². The van der Waals surface area contributed by atoms with Gasteiger partial charge in [0, 0.05) is 12.1 Å². The Morgan fingerprint density at radius 2 is 1.79 bits per heavy atom. The van der Waals surface area contributed by atoms with E-state index in [1.165, 1.54) is 5.69 Å². The third-order valence-electron chi connectivity index (χ3n) is 1.66. The van der Waals surface area contributed by atoms with Crippen molar-refractivity contribution in [2.75, 3.05) is 0 Å². The van der Waals surface area contributed by atoms with Crippen LogP contribution in [0.5, 0.6) is 0 Å². The highest BCUT2D eigenvalue weighted by Crippen LogP contribution is 2.03. The number of hydrogen-bond donors (Lipinski definition) is 1. The van der Waals surface area contributed by atoms with Gasteiger partial charge in [0.2, 0.25) is 0 Å². The lowest BCUT2D eigenvalue weighted by atomic mass is 10.3. The molecule has 0 amide bonds. The Bertz CT molecular complexity index is 236. The van der Waals surface area contributed by atoms with E-state index in [0.717, 1.165) is 24.4 Å². The van der Waals surface area contributed by atoms with Crippen molar-refractivity contribution in [3.63, 3.8) is 0 Å². The van der Waals surface area contributed by atoms with Crippen molar-refractivity contribution in [2.45, 2.75) is 40.3 Å². The number of aromatic amines is 1. The number of aromatic nitrogens is 2. The Hall–Kier alpha value is -1.00. The SMILES string of the molecule is CCCc1nc(C)c(C)[nH]1.FC(F)F. The van der Waals surface area contributed by atoms with E-state index in [1.807, 2.05) is 6.92 Å². The molecular formula is C9H15F3N2. The zero-order chi connectivity index (χ0) is 11.1. The molecule has 1 rings (SSSR count). The van der Waals surface area contributed by atoms with E-state index in [2.05, 4.69) is 23.8 Å². The molecule has 14 heavy (non-hydrogen) atoms. The summed E-state index contributed by atoms with van der Waals surface area (Å²) < 4.78 is 29.0. The Labute approximate surface area is 81.6 Å². The Kier molecular flexibility index (Phi) is 5.99. The highest BCUT2D eigenvalue weighted by molar-refractivity contribution is 5.10. The summed E-state index contributed by atoms with van der Waals surface area (Å²) in [6.07, 6.45) is 2.22. The van der Waals surface area contributed by atoms with Crippen molar-refractivity contribution < 1.29 is 13.2 Å². The first-order chi connectivity index (χ1) is 6.47. The molecule has 82 valence electrons. The molecule has 0 radical (unpaired) electrons. The molecule has 0 saturated carbocycles. The first-order valence-corrected chi connectivity index (χ1v) is 4.41.